The first-order valence-electron chi connectivity index (χ1n) is 13.4. The molecule has 0 aromatic rings. The van der Waals surface area contributed by atoms with E-state index in [1.165, 1.54) is 151 Å². The third kappa shape index (κ3) is 29.9. The number of hydrogen-bond acceptors (Lipinski definition) is 2. The van der Waals surface area contributed by atoms with Crippen molar-refractivity contribution < 1.29 is 4.48 Å². The van der Waals surface area contributed by atoms with Gasteiger partial charge in [0.15, 0.2) is 0 Å². The molecule has 0 aliphatic rings. The van der Waals surface area contributed by atoms with E-state index in [0.717, 1.165) is 0 Å². The Hall–Kier alpha value is -0.330. The standard InChI is InChI=1S/C26H56N.CHNS/c1-5-7-9-11-13-15-17-19-21-23-25-27(3,4)26-24-22-20-18-16-14-12-10-8-6-2;2-1-3/h5-26H2,1-4H3;3H/q+1;/p-1. The molecular weight excluding hydrogens is 384 g/mol. The summed E-state index contributed by atoms with van der Waals surface area (Å²) >= 11 is 3.70. The van der Waals surface area contributed by atoms with Crippen molar-refractivity contribution in [2.75, 3.05) is 27.2 Å². The van der Waals surface area contributed by atoms with Crippen molar-refractivity contribution in [1.29, 1.82) is 5.26 Å². The third-order valence-corrected chi connectivity index (χ3v) is 6.23. The molecule has 0 rings (SSSR count). The topological polar surface area (TPSA) is 23.8 Å². The number of unbranched alkanes of at least 4 members (excludes halogenated alkanes) is 18. The van der Waals surface area contributed by atoms with Gasteiger partial charge in [0.1, 0.15) is 0 Å². The van der Waals surface area contributed by atoms with E-state index in [1.54, 1.807) is 0 Å². The van der Waals surface area contributed by atoms with E-state index in [0.29, 0.717) is 0 Å². The molecule has 30 heavy (non-hydrogen) atoms. The van der Waals surface area contributed by atoms with E-state index >= 15 is 0 Å². The second-order valence-corrected chi connectivity index (χ2v) is 10.0. The van der Waals surface area contributed by atoms with Crippen LogP contribution in [-0.4, -0.2) is 31.7 Å². The van der Waals surface area contributed by atoms with Crippen LogP contribution in [-0.2, 0) is 12.6 Å². The minimum Gasteiger partial charge on any atom is -0.696 e. The van der Waals surface area contributed by atoms with Crippen LogP contribution < -0.4 is 0 Å². The summed E-state index contributed by atoms with van der Waals surface area (Å²) < 4.78 is 1.24. The fourth-order valence-electron chi connectivity index (χ4n) is 4.17. The van der Waals surface area contributed by atoms with Crippen LogP contribution in [0, 0.1) is 10.7 Å². The van der Waals surface area contributed by atoms with Gasteiger partial charge < -0.3 is 17.1 Å². The summed E-state index contributed by atoms with van der Waals surface area (Å²) in [6, 6.07) is 0. The Morgan fingerprint density at radius 3 is 0.933 bits per heavy atom. The fraction of sp³-hybridized carbons (Fsp3) is 0.963. The summed E-state index contributed by atoms with van der Waals surface area (Å²) in [7, 11) is 4.89. The van der Waals surface area contributed by atoms with Crippen molar-refractivity contribution in [3.8, 4) is 5.40 Å². The van der Waals surface area contributed by atoms with Crippen LogP contribution >= 0.6 is 0 Å². The highest BCUT2D eigenvalue weighted by atomic mass is 32.1. The number of quaternary nitrogens is 1. The lowest BCUT2D eigenvalue weighted by Crippen LogP contribution is -2.41. The maximum absolute atomic E-state index is 7.13. The second kappa shape index (κ2) is 26.7. The molecule has 180 valence electrons. The molecule has 0 fully saturated rings. The van der Waals surface area contributed by atoms with E-state index in [4.69, 9.17) is 5.26 Å². The SMILES string of the molecule is CCCCCCCCCCCC[N+](C)(C)CCCCCCCCCCCC.N#C[S-]. The number of thiocyanates is 1. The number of nitriles is 1. The summed E-state index contributed by atoms with van der Waals surface area (Å²) in [6.07, 6.45) is 29.0. The van der Waals surface area contributed by atoms with E-state index in [1.807, 2.05) is 0 Å². The Kier molecular flexibility index (Phi) is 28.4. The predicted octanol–water partition coefficient (Wildman–Crippen LogP) is 8.92. The van der Waals surface area contributed by atoms with Crippen molar-refractivity contribution >= 4 is 12.6 Å². The van der Waals surface area contributed by atoms with Crippen LogP contribution in [0.1, 0.15) is 142 Å². The van der Waals surface area contributed by atoms with Gasteiger partial charge >= 0.3 is 0 Å². The molecule has 0 aromatic carbocycles. The molecule has 0 atom stereocenters. The molecule has 0 bridgehead atoms. The van der Waals surface area contributed by atoms with E-state index in [9.17, 15) is 0 Å². The Balaban J connectivity index is 0. The van der Waals surface area contributed by atoms with Gasteiger partial charge in [0.05, 0.1) is 27.2 Å². The zero-order chi connectivity index (χ0) is 22.8. The summed E-state index contributed by atoms with van der Waals surface area (Å²) in [5.74, 6) is 0. The largest absolute Gasteiger partial charge is 0.696 e. The molecule has 0 unspecified atom stereocenters. The average Bonchev–Trinajstić information content (AvgIpc) is 2.71. The lowest BCUT2D eigenvalue weighted by atomic mass is 10.1. The maximum atomic E-state index is 7.13. The minimum atomic E-state index is 1.24. The van der Waals surface area contributed by atoms with E-state index < -0.39 is 0 Å². The molecule has 0 heterocycles. The molecule has 0 aliphatic heterocycles. The quantitative estimate of drug-likeness (QED) is 0.0726. The van der Waals surface area contributed by atoms with Gasteiger partial charge in [0.25, 0.3) is 0 Å². The molecule has 0 aliphatic carbocycles. The summed E-state index contributed by atoms with van der Waals surface area (Å²) in [4.78, 5) is 0. The normalized spacial score (nSPS) is 11.0. The number of nitrogens with zero attached hydrogens (tertiary/aromatic N) is 2. The van der Waals surface area contributed by atoms with E-state index in [2.05, 4.69) is 40.6 Å². The average molecular weight is 441 g/mol. The third-order valence-electron chi connectivity index (χ3n) is 6.23. The van der Waals surface area contributed by atoms with Crippen LogP contribution in [0.15, 0.2) is 0 Å². The highest BCUT2D eigenvalue weighted by Gasteiger charge is 2.13. The molecule has 0 amide bonds. The van der Waals surface area contributed by atoms with Crippen molar-refractivity contribution in [1.82, 2.24) is 0 Å². The van der Waals surface area contributed by atoms with Gasteiger partial charge in [0, 0.05) is 0 Å². The molecule has 0 radical (unpaired) electrons. The van der Waals surface area contributed by atoms with Gasteiger partial charge in [-0.25, -0.2) is 5.26 Å². The molecule has 0 saturated carbocycles. The highest BCUT2D eigenvalue weighted by molar-refractivity contribution is 7.64. The first-order chi connectivity index (χ1) is 14.5. The number of rotatable bonds is 22. The Bertz CT molecular complexity index is 323. The fourth-order valence-corrected chi connectivity index (χ4v) is 4.17. The zero-order valence-electron chi connectivity index (χ0n) is 21.4. The van der Waals surface area contributed by atoms with Crippen molar-refractivity contribution in [3.05, 3.63) is 0 Å². The first-order valence-corrected chi connectivity index (χ1v) is 13.8. The van der Waals surface area contributed by atoms with Gasteiger partial charge in [-0.3, -0.25) is 0 Å². The monoisotopic (exact) mass is 440 g/mol. The molecule has 0 N–H and O–H groups in total. The van der Waals surface area contributed by atoms with E-state index in [-0.39, 0.29) is 0 Å². The van der Waals surface area contributed by atoms with Gasteiger partial charge in [-0.05, 0) is 25.7 Å². The van der Waals surface area contributed by atoms with Gasteiger partial charge in [-0.15, -0.1) is 0 Å². The minimum absolute atomic E-state index is 1.24. The molecule has 2 nitrogen and oxygen atoms in total. The Labute approximate surface area is 197 Å². The summed E-state index contributed by atoms with van der Waals surface area (Å²) in [5, 5.41) is 8.47. The first kappa shape index (κ1) is 31.9. The van der Waals surface area contributed by atoms with Crippen LogP contribution in [0.5, 0.6) is 0 Å². The van der Waals surface area contributed by atoms with Gasteiger partial charge in [-0.2, -0.15) is 0 Å². The Morgan fingerprint density at radius 1 is 0.500 bits per heavy atom. The number of hydrogen-bond donors (Lipinski definition) is 0. The van der Waals surface area contributed by atoms with Crippen LogP contribution in [0.2, 0.25) is 0 Å². The molecule has 0 spiro atoms. The summed E-state index contributed by atoms with van der Waals surface area (Å²) in [6.45, 7) is 7.37. The summed E-state index contributed by atoms with van der Waals surface area (Å²) in [5.41, 5.74) is 0. The maximum Gasteiger partial charge on any atom is 0.0782 e. The van der Waals surface area contributed by atoms with Crippen LogP contribution in [0.4, 0.5) is 0 Å². The van der Waals surface area contributed by atoms with Crippen molar-refractivity contribution in [3.63, 3.8) is 0 Å². The molecule has 0 aromatic heterocycles. The molecular formula is C27H56N2S. The second-order valence-electron chi connectivity index (χ2n) is 9.84. The van der Waals surface area contributed by atoms with Gasteiger partial charge in [0.2, 0.25) is 0 Å². The van der Waals surface area contributed by atoms with Crippen LogP contribution in [0.3, 0.4) is 0 Å². The van der Waals surface area contributed by atoms with Crippen LogP contribution in [0.25, 0.3) is 0 Å². The predicted molar refractivity (Wildman–Crippen MR) is 139 cm³/mol. The van der Waals surface area contributed by atoms with Crippen molar-refractivity contribution in [2.45, 2.75) is 142 Å². The lowest BCUT2D eigenvalue weighted by Gasteiger charge is -2.30. The highest BCUT2D eigenvalue weighted by Crippen LogP contribution is 2.14. The van der Waals surface area contributed by atoms with Gasteiger partial charge in [-0.1, -0.05) is 122 Å². The van der Waals surface area contributed by atoms with Crippen molar-refractivity contribution in [2.24, 2.45) is 0 Å². The zero-order valence-corrected chi connectivity index (χ0v) is 22.2. The lowest BCUT2D eigenvalue weighted by molar-refractivity contribution is -0.890. The molecule has 3 heteroatoms. The smallest absolute Gasteiger partial charge is 0.0782 e. The molecule has 0 saturated heterocycles. The Morgan fingerprint density at radius 2 is 0.700 bits per heavy atom.